The fourth-order valence-electron chi connectivity index (χ4n) is 3.00. The molecule has 4 rings (SSSR count). The van der Waals surface area contributed by atoms with Crippen LogP contribution in [0.25, 0.3) is 0 Å². The number of amides is 1. The van der Waals surface area contributed by atoms with E-state index in [1.54, 1.807) is 29.1 Å². The van der Waals surface area contributed by atoms with Gasteiger partial charge >= 0.3 is 0 Å². The van der Waals surface area contributed by atoms with Crippen LogP contribution in [0.15, 0.2) is 63.6 Å². The highest BCUT2D eigenvalue weighted by molar-refractivity contribution is 9.10. The second-order valence-corrected chi connectivity index (χ2v) is 9.23. The molecular weight excluding hydrogens is 587 g/mol. The second kappa shape index (κ2) is 10.7. The number of hydrogen-bond acceptors (Lipinski definition) is 6. The Morgan fingerprint density at radius 2 is 1.91 bits per heavy atom. The number of furan rings is 1. The van der Waals surface area contributed by atoms with Crippen molar-refractivity contribution in [1.29, 1.82) is 0 Å². The Morgan fingerprint density at radius 1 is 1.11 bits per heavy atom. The number of nitrogens with one attached hydrogen (secondary N) is 1. The lowest BCUT2D eigenvalue weighted by Crippen LogP contribution is -2.12. The summed E-state index contributed by atoms with van der Waals surface area (Å²) in [4.78, 5) is 22.9. The minimum absolute atomic E-state index is 0.0349. The monoisotopic (exact) mass is 598 g/mol. The lowest BCUT2D eigenvalue weighted by molar-refractivity contribution is -0.384. The van der Waals surface area contributed by atoms with Gasteiger partial charge in [0.05, 0.1) is 31.0 Å². The van der Waals surface area contributed by atoms with Gasteiger partial charge in [-0.25, -0.2) is 0 Å². The number of carbonyl (C=O) groups excluding carboxylic acids is 1. The maximum absolute atomic E-state index is 12.6. The number of halogens is 4. The van der Waals surface area contributed by atoms with Gasteiger partial charge in [-0.2, -0.15) is 5.10 Å². The zero-order valence-electron chi connectivity index (χ0n) is 17.5. The minimum Gasteiger partial charge on any atom is -0.484 e. The first kappa shape index (κ1) is 25.1. The van der Waals surface area contributed by atoms with Crippen molar-refractivity contribution in [3.05, 3.63) is 101 Å². The van der Waals surface area contributed by atoms with Crippen LogP contribution in [0.3, 0.4) is 0 Å². The summed E-state index contributed by atoms with van der Waals surface area (Å²) in [7, 11) is 0. The molecule has 0 atom stereocenters. The Bertz CT molecular complexity index is 1420. The molecule has 180 valence electrons. The van der Waals surface area contributed by atoms with E-state index in [4.69, 9.17) is 44.0 Å². The molecule has 4 aromatic rings. The fraction of sp³-hybridized carbons (Fsp3) is 0.0909. The van der Waals surface area contributed by atoms with Gasteiger partial charge in [0.25, 0.3) is 11.6 Å². The van der Waals surface area contributed by atoms with Crippen LogP contribution in [-0.2, 0) is 13.2 Å². The number of benzene rings is 2. The lowest BCUT2D eigenvalue weighted by atomic mass is 10.2. The van der Waals surface area contributed by atoms with Gasteiger partial charge in [0.1, 0.15) is 18.1 Å². The van der Waals surface area contributed by atoms with Crippen LogP contribution >= 0.6 is 50.7 Å². The minimum atomic E-state index is -0.554. The zero-order chi connectivity index (χ0) is 25.1. The average molecular weight is 601 g/mol. The van der Waals surface area contributed by atoms with Gasteiger partial charge in [-0.3, -0.25) is 19.6 Å². The summed E-state index contributed by atoms with van der Waals surface area (Å²) in [5.74, 6) is 0.446. The molecule has 0 aliphatic rings. The number of nitrogens with zero attached hydrogens (tertiary/aromatic N) is 3. The van der Waals surface area contributed by atoms with Crippen molar-refractivity contribution >= 4 is 68.1 Å². The fourth-order valence-corrected chi connectivity index (χ4v) is 3.97. The van der Waals surface area contributed by atoms with Gasteiger partial charge in [0, 0.05) is 18.3 Å². The van der Waals surface area contributed by atoms with Crippen LogP contribution in [0, 0.1) is 10.1 Å². The summed E-state index contributed by atoms with van der Waals surface area (Å²) in [5.41, 5.74) is 0.737. The van der Waals surface area contributed by atoms with Crippen molar-refractivity contribution < 1.29 is 18.9 Å². The van der Waals surface area contributed by atoms with Crippen LogP contribution in [-0.4, -0.2) is 20.6 Å². The number of non-ortho nitro benzene ring substituents is 1. The van der Waals surface area contributed by atoms with E-state index in [-0.39, 0.29) is 28.8 Å². The topological polar surface area (TPSA) is 112 Å². The van der Waals surface area contributed by atoms with Gasteiger partial charge in [0.2, 0.25) is 0 Å². The summed E-state index contributed by atoms with van der Waals surface area (Å²) in [6.07, 6.45) is 1.72. The number of hydrogen-bond donors (Lipinski definition) is 1. The first-order valence-corrected chi connectivity index (χ1v) is 11.8. The van der Waals surface area contributed by atoms with E-state index >= 15 is 0 Å². The smallest absolute Gasteiger partial charge is 0.292 e. The summed E-state index contributed by atoms with van der Waals surface area (Å²) in [6, 6.07) is 12.2. The number of aromatic nitrogens is 2. The number of ether oxygens (including phenoxy) is 1. The van der Waals surface area contributed by atoms with Crippen molar-refractivity contribution in [2.24, 2.45) is 0 Å². The maximum atomic E-state index is 12.6. The number of nitro groups is 1. The van der Waals surface area contributed by atoms with Gasteiger partial charge in [-0.1, -0.05) is 40.9 Å². The standard InChI is InChI=1S/C22H14BrCl3N4O5/c23-15-10-29(9-12-1-4-16(24)17(25)7-12)28-21(15)27-22(31)20-6-3-14(35-20)11-34-19-5-2-13(30(32)33)8-18(19)26/h1-8,10H,9,11H2,(H,27,28,31). The molecule has 35 heavy (non-hydrogen) atoms. The normalized spacial score (nSPS) is 10.9. The molecule has 9 nitrogen and oxygen atoms in total. The molecule has 2 heterocycles. The molecule has 0 aliphatic carbocycles. The van der Waals surface area contributed by atoms with Crippen LogP contribution in [0.1, 0.15) is 21.9 Å². The number of rotatable bonds is 8. The summed E-state index contributed by atoms with van der Waals surface area (Å²) >= 11 is 21.4. The van der Waals surface area contributed by atoms with Crippen molar-refractivity contribution in [3.8, 4) is 5.75 Å². The molecular formula is C22H14BrCl3N4O5. The molecule has 1 amide bonds. The molecule has 0 bridgehead atoms. The van der Waals surface area contributed by atoms with Gasteiger partial charge in [-0.15, -0.1) is 0 Å². The predicted molar refractivity (Wildman–Crippen MR) is 135 cm³/mol. The Kier molecular flexibility index (Phi) is 7.66. The summed E-state index contributed by atoms with van der Waals surface area (Å²) in [6.45, 7) is 0.381. The van der Waals surface area contributed by atoms with Crippen LogP contribution < -0.4 is 10.1 Å². The van der Waals surface area contributed by atoms with Crippen molar-refractivity contribution in [1.82, 2.24) is 9.78 Å². The first-order chi connectivity index (χ1) is 16.7. The average Bonchev–Trinajstić information content (AvgIpc) is 3.42. The third-order valence-corrected chi connectivity index (χ3v) is 6.27. The molecule has 2 aromatic carbocycles. The highest BCUT2D eigenvalue weighted by atomic mass is 79.9. The summed E-state index contributed by atoms with van der Waals surface area (Å²) in [5, 5.41) is 18.8. The molecule has 0 saturated carbocycles. The Morgan fingerprint density at radius 3 is 2.63 bits per heavy atom. The van der Waals surface area contributed by atoms with Gasteiger partial charge in [0.15, 0.2) is 11.6 Å². The van der Waals surface area contributed by atoms with Crippen molar-refractivity contribution in [3.63, 3.8) is 0 Å². The number of anilines is 1. The maximum Gasteiger partial charge on any atom is 0.292 e. The van der Waals surface area contributed by atoms with E-state index in [2.05, 4.69) is 26.3 Å². The summed E-state index contributed by atoms with van der Waals surface area (Å²) < 4.78 is 13.3. The van der Waals surface area contributed by atoms with Gasteiger partial charge < -0.3 is 14.5 Å². The molecule has 0 fully saturated rings. The van der Waals surface area contributed by atoms with E-state index in [1.807, 2.05) is 6.07 Å². The lowest BCUT2D eigenvalue weighted by Gasteiger charge is -2.06. The first-order valence-electron chi connectivity index (χ1n) is 9.83. The van der Waals surface area contributed by atoms with E-state index in [0.717, 1.165) is 5.56 Å². The third-order valence-electron chi connectivity index (χ3n) is 4.66. The SMILES string of the molecule is O=C(Nc1nn(Cc2ccc(Cl)c(Cl)c2)cc1Br)c1ccc(COc2ccc([N+](=O)[O-])cc2Cl)o1. The predicted octanol–water partition coefficient (Wildman–Crippen LogP) is 6.99. The highest BCUT2D eigenvalue weighted by Crippen LogP contribution is 2.30. The third kappa shape index (κ3) is 6.15. The van der Waals surface area contributed by atoms with E-state index in [9.17, 15) is 14.9 Å². The van der Waals surface area contributed by atoms with Crippen LogP contribution in [0.5, 0.6) is 5.75 Å². The van der Waals surface area contributed by atoms with Gasteiger partial charge in [-0.05, 0) is 51.8 Å². The van der Waals surface area contributed by atoms with E-state index in [1.165, 1.54) is 24.3 Å². The number of carbonyl (C=O) groups is 1. The quantitative estimate of drug-likeness (QED) is 0.172. The molecule has 2 aromatic heterocycles. The largest absolute Gasteiger partial charge is 0.484 e. The highest BCUT2D eigenvalue weighted by Gasteiger charge is 2.17. The van der Waals surface area contributed by atoms with Crippen molar-refractivity contribution in [2.75, 3.05) is 5.32 Å². The zero-order valence-corrected chi connectivity index (χ0v) is 21.4. The molecule has 0 saturated heterocycles. The Hall–Kier alpha value is -3.05. The molecule has 1 N–H and O–H groups in total. The van der Waals surface area contributed by atoms with Crippen molar-refractivity contribution in [2.45, 2.75) is 13.2 Å². The molecule has 0 unspecified atom stereocenters. The number of nitro benzene ring substituents is 1. The van der Waals surface area contributed by atoms with Crippen LogP contribution in [0.4, 0.5) is 11.5 Å². The second-order valence-electron chi connectivity index (χ2n) is 7.15. The van der Waals surface area contributed by atoms with E-state index < -0.39 is 10.8 Å². The Balaban J connectivity index is 1.37. The van der Waals surface area contributed by atoms with E-state index in [0.29, 0.717) is 32.6 Å². The Labute approximate surface area is 221 Å². The molecule has 13 heteroatoms. The molecule has 0 radical (unpaired) electrons. The van der Waals surface area contributed by atoms with Crippen LogP contribution in [0.2, 0.25) is 15.1 Å². The molecule has 0 aliphatic heterocycles. The molecule has 0 spiro atoms.